The van der Waals surface area contributed by atoms with Gasteiger partial charge in [0.15, 0.2) is 0 Å². The number of rotatable bonds is 4. The second-order valence-corrected chi connectivity index (χ2v) is 8.99. The summed E-state index contributed by atoms with van der Waals surface area (Å²) < 4.78 is 8.98. The van der Waals surface area contributed by atoms with Crippen LogP contribution < -0.4 is 5.69 Å². The van der Waals surface area contributed by atoms with Crippen molar-refractivity contribution in [2.75, 3.05) is 26.3 Å². The van der Waals surface area contributed by atoms with Crippen LogP contribution in [-0.2, 0) is 22.0 Å². The second kappa shape index (κ2) is 7.69. The first-order valence-electron chi connectivity index (χ1n) is 11.2. The summed E-state index contributed by atoms with van der Waals surface area (Å²) in [5.41, 5.74) is 0.622. The first kappa shape index (κ1) is 19.5. The van der Waals surface area contributed by atoms with Crippen molar-refractivity contribution < 1.29 is 9.53 Å². The Morgan fingerprint density at radius 3 is 2.37 bits per heavy atom. The molecule has 2 aliphatic heterocycles. The zero-order chi connectivity index (χ0) is 20.7. The molecule has 0 unspecified atom stereocenters. The summed E-state index contributed by atoms with van der Waals surface area (Å²) in [6.07, 6.45) is 5.32. The third-order valence-corrected chi connectivity index (χ3v) is 7.12. The third-order valence-electron chi connectivity index (χ3n) is 7.12. The predicted octanol–water partition coefficient (Wildman–Crippen LogP) is 2.37. The number of carbonyl (C=O) groups excluding carboxylic acids is 1. The lowest BCUT2D eigenvalue weighted by Crippen LogP contribution is -2.52. The molecule has 3 heterocycles. The van der Waals surface area contributed by atoms with Gasteiger partial charge in [0.05, 0.1) is 5.41 Å². The highest BCUT2D eigenvalue weighted by Gasteiger charge is 2.45. The van der Waals surface area contributed by atoms with Crippen LogP contribution in [0.2, 0.25) is 0 Å². The highest BCUT2D eigenvalue weighted by atomic mass is 16.5. The van der Waals surface area contributed by atoms with E-state index in [0.717, 1.165) is 49.9 Å². The number of hydrogen-bond acceptors (Lipinski definition) is 4. The normalized spacial score (nSPS) is 22.2. The molecule has 2 aromatic rings. The highest BCUT2D eigenvalue weighted by Crippen LogP contribution is 2.40. The Hall–Kier alpha value is -2.41. The van der Waals surface area contributed by atoms with Gasteiger partial charge in [-0.15, -0.1) is 0 Å². The molecule has 3 fully saturated rings. The molecule has 0 N–H and O–H groups in total. The number of hydrogen-bond donors (Lipinski definition) is 0. The van der Waals surface area contributed by atoms with Crippen molar-refractivity contribution in [2.45, 2.75) is 55.9 Å². The fraction of sp³-hybridized carbons (Fsp3) is 0.609. The van der Waals surface area contributed by atoms with Crippen LogP contribution in [0, 0.1) is 0 Å². The van der Waals surface area contributed by atoms with Gasteiger partial charge in [0.1, 0.15) is 5.82 Å². The predicted molar refractivity (Wildman–Crippen MR) is 112 cm³/mol. The maximum Gasteiger partial charge on any atom is 0.345 e. The number of benzene rings is 1. The van der Waals surface area contributed by atoms with Crippen molar-refractivity contribution in [3.05, 3.63) is 52.2 Å². The van der Waals surface area contributed by atoms with Crippen molar-refractivity contribution in [1.82, 2.24) is 19.2 Å². The number of piperidine rings is 1. The van der Waals surface area contributed by atoms with Gasteiger partial charge in [-0.3, -0.25) is 9.36 Å². The topological polar surface area (TPSA) is 69.4 Å². The number of aromatic nitrogens is 3. The number of aryl methyl sites for hydroxylation is 1. The van der Waals surface area contributed by atoms with Gasteiger partial charge < -0.3 is 9.64 Å². The zero-order valence-corrected chi connectivity index (χ0v) is 17.6. The first-order chi connectivity index (χ1) is 14.6. The summed E-state index contributed by atoms with van der Waals surface area (Å²) in [6, 6.07) is 10.5. The Bertz CT molecular complexity index is 962. The van der Waals surface area contributed by atoms with Gasteiger partial charge in [-0.1, -0.05) is 30.3 Å². The molecule has 5 rings (SSSR count). The van der Waals surface area contributed by atoms with Crippen LogP contribution >= 0.6 is 0 Å². The molecule has 30 heavy (non-hydrogen) atoms. The first-order valence-corrected chi connectivity index (χ1v) is 11.2. The summed E-state index contributed by atoms with van der Waals surface area (Å²) in [4.78, 5) is 28.3. The third kappa shape index (κ3) is 3.29. The summed E-state index contributed by atoms with van der Waals surface area (Å²) in [5, 5.41) is 4.56. The van der Waals surface area contributed by atoms with Crippen molar-refractivity contribution in [3.8, 4) is 0 Å². The monoisotopic (exact) mass is 410 g/mol. The van der Waals surface area contributed by atoms with Gasteiger partial charge in [0.25, 0.3) is 0 Å². The molecule has 1 amide bonds. The maximum absolute atomic E-state index is 13.8. The zero-order valence-electron chi connectivity index (χ0n) is 17.6. The lowest BCUT2D eigenvalue weighted by atomic mass is 9.72. The highest BCUT2D eigenvalue weighted by molar-refractivity contribution is 5.88. The fourth-order valence-corrected chi connectivity index (χ4v) is 5.20. The SMILES string of the molecule is Cn1nc(C2CCN(C(=O)C3(c4ccccc4)CCOCC3)CC2)n(C2CC2)c1=O. The standard InChI is InChI=1S/C23H30N4O3/c1-25-22(29)27(19-7-8-19)20(24-25)17-9-13-26(14-10-17)21(28)23(11-15-30-16-12-23)18-5-3-2-4-6-18/h2-6,17,19H,7-16H2,1H3. The quantitative estimate of drug-likeness (QED) is 0.776. The van der Waals surface area contributed by atoms with Crippen LogP contribution in [0.25, 0.3) is 0 Å². The minimum Gasteiger partial charge on any atom is -0.381 e. The molecular formula is C23H30N4O3. The molecule has 2 saturated heterocycles. The van der Waals surface area contributed by atoms with E-state index in [9.17, 15) is 9.59 Å². The molecular weight excluding hydrogens is 380 g/mol. The van der Waals surface area contributed by atoms with E-state index in [0.29, 0.717) is 32.3 Å². The molecule has 160 valence electrons. The molecule has 0 bridgehead atoms. The summed E-state index contributed by atoms with van der Waals surface area (Å²) in [6.45, 7) is 2.68. The minimum atomic E-state index is -0.479. The number of carbonyl (C=O) groups is 1. The van der Waals surface area contributed by atoms with Gasteiger partial charge in [0.2, 0.25) is 5.91 Å². The van der Waals surface area contributed by atoms with Crippen molar-refractivity contribution >= 4 is 5.91 Å². The van der Waals surface area contributed by atoms with E-state index in [1.54, 1.807) is 7.05 Å². The van der Waals surface area contributed by atoms with E-state index in [2.05, 4.69) is 17.2 Å². The second-order valence-electron chi connectivity index (χ2n) is 8.99. The summed E-state index contributed by atoms with van der Waals surface area (Å²) in [5.74, 6) is 1.39. The van der Waals surface area contributed by atoms with E-state index >= 15 is 0 Å². The van der Waals surface area contributed by atoms with Gasteiger partial charge in [0, 0.05) is 45.3 Å². The Labute approximate surface area is 176 Å². The molecule has 1 aromatic carbocycles. The number of nitrogens with zero attached hydrogens (tertiary/aromatic N) is 4. The fourth-order valence-electron chi connectivity index (χ4n) is 5.20. The lowest BCUT2D eigenvalue weighted by Gasteiger charge is -2.42. The van der Waals surface area contributed by atoms with Gasteiger partial charge in [-0.05, 0) is 44.1 Å². The van der Waals surface area contributed by atoms with Crippen molar-refractivity contribution in [2.24, 2.45) is 7.05 Å². The van der Waals surface area contributed by atoms with E-state index in [-0.39, 0.29) is 17.5 Å². The number of ether oxygens (including phenoxy) is 1. The van der Waals surface area contributed by atoms with Crippen LogP contribution in [0.3, 0.4) is 0 Å². The largest absolute Gasteiger partial charge is 0.381 e. The van der Waals surface area contributed by atoms with Crippen LogP contribution in [0.1, 0.15) is 61.9 Å². The van der Waals surface area contributed by atoms with Gasteiger partial charge in [-0.2, -0.15) is 5.10 Å². The summed E-state index contributed by atoms with van der Waals surface area (Å²) >= 11 is 0. The van der Waals surface area contributed by atoms with E-state index in [1.165, 1.54) is 4.68 Å². The Morgan fingerprint density at radius 2 is 1.73 bits per heavy atom. The molecule has 0 spiro atoms. The molecule has 1 aliphatic carbocycles. The molecule has 7 nitrogen and oxygen atoms in total. The molecule has 0 radical (unpaired) electrons. The van der Waals surface area contributed by atoms with E-state index in [1.807, 2.05) is 27.7 Å². The van der Waals surface area contributed by atoms with Crippen LogP contribution in [0.5, 0.6) is 0 Å². The number of likely N-dealkylation sites (tertiary alicyclic amines) is 1. The van der Waals surface area contributed by atoms with Crippen molar-refractivity contribution in [1.29, 1.82) is 0 Å². The molecule has 7 heteroatoms. The van der Waals surface area contributed by atoms with E-state index < -0.39 is 5.41 Å². The van der Waals surface area contributed by atoms with E-state index in [4.69, 9.17) is 4.74 Å². The molecule has 1 aromatic heterocycles. The molecule has 3 aliphatic rings. The molecule has 1 saturated carbocycles. The minimum absolute atomic E-state index is 0.00348. The van der Waals surface area contributed by atoms with Crippen LogP contribution in [0.4, 0.5) is 0 Å². The summed E-state index contributed by atoms with van der Waals surface area (Å²) in [7, 11) is 1.73. The van der Waals surface area contributed by atoms with Crippen LogP contribution in [-0.4, -0.2) is 51.5 Å². The van der Waals surface area contributed by atoms with Crippen molar-refractivity contribution in [3.63, 3.8) is 0 Å². The smallest absolute Gasteiger partial charge is 0.345 e. The van der Waals surface area contributed by atoms with Crippen LogP contribution in [0.15, 0.2) is 35.1 Å². The van der Waals surface area contributed by atoms with Gasteiger partial charge >= 0.3 is 5.69 Å². The average Bonchev–Trinajstić information content (AvgIpc) is 3.59. The maximum atomic E-state index is 13.8. The Balaban J connectivity index is 1.34. The average molecular weight is 411 g/mol. The molecule has 0 atom stereocenters. The number of amides is 1. The lowest BCUT2D eigenvalue weighted by molar-refractivity contribution is -0.142. The Kier molecular flexibility index (Phi) is 5.01. The Morgan fingerprint density at radius 1 is 1.07 bits per heavy atom. The van der Waals surface area contributed by atoms with Gasteiger partial charge in [-0.25, -0.2) is 9.48 Å².